The molecule has 5 N–H and O–H groups in total. The molecule has 0 rings (SSSR count). The van der Waals surface area contributed by atoms with Gasteiger partial charge in [0.15, 0.2) is 0 Å². The number of thioether (sulfide) groups is 3. The highest BCUT2D eigenvalue weighted by molar-refractivity contribution is 8.00. The van der Waals surface area contributed by atoms with Gasteiger partial charge in [0.2, 0.25) is 0 Å². The highest BCUT2D eigenvalue weighted by atomic mass is 32.2. The maximum absolute atomic E-state index is 9.61. The molecule has 0 aliphatic carbocycles. The summed E-state index contributed by atoms with van der Waals surface area (Å²) in [6, 6.07) is 0. The topological polar surface area (TPSA) is 120 Å². The zero-order valence-electron chi connectivity index (χ0n) is 94.9. The van der Waals surface area contributed by atoms with E-state index in [1.165, 1.54) is 627 Å². The van der Waals surface area contributed by atoms with Gasteiger partial charge < -0.3 is 35.0 Å². The summed E-state index contributed by atoms with van der Waals surface area (Å²) in [6.07, 6.45) is 135. The average Bonchev–Trinajstić information content (AvgIpc) is 1.04. The maximum Gasteiger partial charge on any atom is 0.0805 e. The van der Waals surface area contributed by atoms with Crippen LogP contribution < -0.4 is 0 Å². The molecule has 135 heavy (non-hydrogen) atoms. The van der Waals surface area contributed by atoms with Crippen LogP contribution in [0.25, 0.3) is 0 Å². The van der Waals surface area contributed by atoms with Crippen LogP contribution in [0.4, 0.5) is 0 Å². The van der Waals surface area contributed by atoms with Crippen LogP contribution in [0.3, 0.4) is 0 Å². The molecule has 0 saturated carbocycles. The van der Waals surface area contributed by atoms with Crippen LogP contribution in [-0.2, 0) is 9.47 Å². The molecule has 7 nitrogen and oxygen atoms in total. The lowest BCUT2D eigenvalue weighted by atomic mass is 10.0. The molecule has 820 valence electrons. The minimum Gasteiger partial charge on any atom is -0.396 e. The number of rotatable bonds is 115. The van der Waals surface area contributed by atoms with Crippen molar-refractivity contribution in [2.45, 2.75) is 716 Å². The number of hydrogen-bond acceptors (Lipinski definition) is 10. The van der Waals surface area contributed by atoms with Crippen molar-refractivity contribution < 1.29 is 35.0 Å². The maximum atomic E-state index is 9.61. The summed E-state index contributed by atoms with van der Waals surface area (Å²) >= 11 is 6.15. The zero-order valence-corrected chi connectivity index (χ0v) is 97.4. The molecule has 0 fully saturated rings. The Labute approximate surface area is 867 Å². The first kappa shape index (κ1) is 144. The second-order valence-electron chi connectivity index (χ2n) is 42.6. The third kappa shape index (κ3) is 139. The highest BCUT2D eigenvalue weighted by Crippen LogP contribution is 2.26. The van der Waals surface area contributed by atoms with Crippen molar-refractivity contribution in [2.24, 2.45) is 11.8 Å². The molecule has 0 bridgehead atoms. The third-order valence-corrected chi connectivity index (χ3v) is 32.4. The van der Waals surface area contributed by atoms with Gasteiger partial charge in [0, 0.05) is 31.7 Å². The first-order valence-electron chi connectivity index (χ1n) is 62.8. The molecule has 0 saturated heterocycles. The second kappa shape index (κ2) is 141. The van der Waals surface area contributed by atoms with Gasteiger partial charge in [0.1, 0.15) is 0 Å². The van der Waals surface area contributed by atoms with Crippen LogP contribution in [-0.4, -0.2) is 118 Å². The van der Waals surface area contributed by atoms with E-state index in [9.17, 15) is 25.5 Å². The predicted molar refractivity (Wildman–Crippen MR) is 622 cm³/mol. The first-order chi connectivity index (χ1) is 66.7. The number of hydrogen-bond donors (Lipinski definition) is 5. The van der Waals surface area contributed by atoms with Gasteiger partial charge in [-0.3, -0.25) is 0 Å². The summed E-state index contributed by atoms with van der Waals surface area (Å²) in [5.41, 5.74) is 0. The van der Waals surface area contributed by atoms with Crippen molar-refractivity contribution in [3.63, 3.8) is 0 Å². The lowest BCUT2D eigenvalue weighted by Crippen LogP contribution is -2.18. The summed E-state index contributed by atoms with van der Waals surface area (Å²) in [4.78, 5) is 0. The van der Waals surface area contributed by atoms with Crippen molar-refractivity contribution in [1.29, 1.82) is 0 Å². The molecule has 0 amide bonds. The quantitative estimate of drug-likeness (QED) is 0.0377. The molecule has 5 atom stereocenters. The minimum atomic E-state index is 0.0765. The molecular weight excluding hydrogens is 1710 g/mol. The third-order valence-electron chi connectivity index (χ3n) is 28.5. The van der Waals surface area contributed by atoms with E-state index in [0.717, 1.165) is 44.6 Å². The first-order valence-corrected chi connectivity index (χ1v) is 66.1. The molecule has 0 aromatic rings. The second-order valence-corrected chi connectivity index (χ2v) is 46.3. The number of ether oxygens (including phenoxy) is 2. The van der Waals surface area contributed by atoms with Crippen molar-refractivity contribution in [3.05, 3.63) is 0 Å². The van der Waals surface area contributed by atoms with E-state index in [2.05, 4.69) is 81.0 Å². The van der Waals surface area contributed by atoms with Crippen LogP contribution in [0.2, 0.25) is 0 Å². The Morgan fingerprint density at radius 1 is 0.156 bits per heavy atom. The Hall–Kier alpha value is 0.770. The molecule has 0 aromatic carbocycles. The van der Waals surface area contributed by atoms with Crippen molar-refractivity contribution >= 4 is 35.3 Å². The summed E-state index contributed by atoms with van der Waals surface area (Å²) in [6.45, 7) is 26.0. The highest BCUT2D eigenvalue weighted by Gasteiger charge is 2.14. The van der Waals surface area contributed by atoms with Crippen LogP contribution in [0.1, 0.15) is 698 Å². The van der Waals surface area contributed by atoms with E-state index >= 15 is 0 Å². The Balaban J connectivity index is -0.000000522. The zero-order chi connectivity index (χ0) is 99.2. The Kier molecular flexibility index (Phi) is 151. The molecule has 0 aliphatic heterocycles. The van der Waals surface area contributed by atoms with Crippen LogP contribution in [0.5, 0.6) is 0 Å². The van der Waals surface area contributed by atoms with Gasteiger partial charge in [0.05, 0.1) is 32.0 Å². The van der Waals surface area contributed by atoms with E-state index in [4.69, 9.17) is 9.47 Å². The van der Waals surface area contributed by atoms with E-state index in [0.29, 0.717) is 36.9 Å². The molecule has 0 heterocycles. The van der Waals surface area contributed by atoms with Crippen molar-refractivity contribution in [2.75, 3.05) is 75.0 Å². The summed E-state index contributed by atoms with van der Waals surface area (Å²) in [5, 5.41) is 48.2. The molecule has 0 aromatic heterocycles. The van der Waals surface area contributed by atoms with Crippen LogP contribution in [0.15, 0.2) is 0 Å². The number of aliphatic hydroxyl groups is 5. The molecule has 10 heteroatoms. The van der Waals surface area contributed by atoms with Crippen molar-refractivity contribution in [1.82, 2.24) is 0 Å². The average molecular weight is 1970 g/mol. The van der Waals surface area contributed by atoms with Gasteiger partial charge in [-0.25, -0.2) is 0 Å². The van der Waals surface area contributed by atoms with E-state index in [1.54, 1.807) is 0 Å². The summed E-state index contributed by atoms with van der Waals surface area (Å²) < 4.78 is 11.8. The lowest BCUT2D eigenvalue weighted by Gasteiger charge is -2.15. The minimum absolute atomic E-state index is 0.0765. The molecule has 0 spiro atoms. The largest absolute Gasteiger partial charge is 0.396 e. The SMILES string of the molecule is CCCCCCCCCCCCC(CO)OCCCCCCCCCC.CCCCCCCCCCCCCCCCC(CO)CSCCCC.CCCCCCCCCCCCOC(CO)CCCCCCCCCCCC.CCCCCCCCCCCCSC(CO)CCCCCCCCCCCC.CCCCCCCCCCCCSCC(CO)CCCCCCCCCCC. The van der Waals surface area contributed by atoms with Crippen LogP contribution >= 0.6 is 35.3 Å². The molecule has 0 aliphatic rings. The van der Waals surface area contributed by atoms with Gasteiger partial charge in [-0.1, -0.05) is 634 Å². The van der Waals surface area contributed by atoms with E-state index in [-0.39, 0.29) is 25.4 Å². The van der Waals surface area contributed by atoms with Gasteiger partial charge in [-0.2, -0.15) is 35.3 Å². The van der Waals surface area contributed by atoms with Gasteiger partial charge >= 0.3 is 0 Å². The Morgan fingerprint density at radius 3 is 0.526 bits per heavy atom. The fourth-order valence-corrected chi connectivity index (χ4v) is 22.3. The predicted octanol–water partition coefficient (Wildman–Crippen LogP) is 42.9. The standard InChI is InChI=1S/C26H54O2.2C26H54OS.C24H50O2.C23H48OS/c1-3-5-7-9-11-13-15-17-19-21-23-26(25-27)28-24-22-20-18-16-14-12-10-8-6-4-2;1-3-5-7-9-11-13-15-17-19-21-23-28-25-26(24-27)22-20-18-16-14-12-10-8-6-4-2;1-3-5-7-9-11-13-15-17-19-21-23-26(25-27)28-24-22-20-18-16-14-12-10-8-6-4-2;1-3-5-7-9-11-13-14-15-17-19-21-24(23-25)26-22-20-18-16-12-10-8-6-4-2;1-3-5-7-8-9-10-11-12-13-14-15-16-17-18-19-23(21-24)22-25-20-6-4-2/h3*26-27H,3-25H2,1-2H3;24-25H,3-23H2,1-2H3;23-24H,3-22H2,1-2H3. The molecular formula is C125H260O7S3. The smallest absolute Gasteiger partial charge is 0.0805 e. The fraction of sp³-hybridized carbons (Fsp3) is 1.00. The molecule has 0 radical (unpaired) electrons. The van der Waals surface area contributed by atoms with Crippen LogP contribution in [0, 0.1) is 11.8 Å². The van der Waals surface area contributed by atoms with E-state index < -0.39 is 0 Å². The van der Waals surface area contributed by atoms with Crippen molar-refractivity contribution in [3.8, 4) is 0 Å². The Morgan fingerprint density at radius 2 is 0.326 bits per heavy atom. The Bertz CT molecular complexity index is 1830. The van der Waals surface area contributed by atoms with E-state index in [1.807, 2.05) is 23.5 Å². The normalized spacial score (nSPS) is 12.6. The van der Waals surface area contributed by atoms with Gasteiger partial charge in [0.25, 0.3) is 0 Å². The van der Waals surface area contributed by atoms with Gasteiger partial charge in [-0.05, 0) is 105 Å². The summed E-state index contributed by atoms with van der Waals surface area (Å²) in [7, 11) is 0. The number of aliphatic hydroxyl groups excluding tert-OH is 5. The number of unbranched alkanes of at least 4 members (excludes halogenated alkanes) is 83. The monoisotopic (exact) mass is 1970 g/mol. The lowest BCUT2D eigenvalue weighted by molar-refractivity contribution is 0.00496. The fourth-order valence-electron chi connectivity index (χ4n) is 18.7. The molecule has 5 unspecified atom stereocenters. The summed E-state index contributed by atoms with van der Waals surface area (Å²) in [5.74, 6) is 7.23. The van der Waals surface area contributed by atoms with Gasteiger partial charge in [-0.15, -0.1) is 0 Å².